The Hall–Kier alpha value is -3.00. The number of carbonyl (C=O) groups excluding carboxylic acids is 2. The number of aliphatic hydroxyl groups excluding tert-OH is 1. The number of aromatic nitrogens is 2. The average Bonchev–Trinajstić information content (AvgIpc) is 3.66. The molecule has 0 unspecified atom stereocenters. The van der Waals surface area contributed by atoms with Crippen LogP contribution in [0.25, 0.3) is 11.1 Å². The van der Waals surface area contributed by atoms with Crippen LogP contribution >= 0.6 is 0 Å². The molecular weight excluding hydrogens is 408 g/mol. The van der Waals surface area contributed by atoms with Gasteiger partial charge in [-0.3, -0.25) is 14.6 Å². The molecule has 32 heavy (non-hydrogen) atoms. The van der Waals surface area contributed by atoms with Crippen molar-refractivity contribution in [1.82, 2.24) is 19.8 Å². The molecule has 0 spiro atoms. The molecule has 3 heterocycles. The molecule has 2 aromatic heterocycles. The Labute approximate surface area is 188 Å². The summed E-state index contributed by atoms with van der Waals surface area (Å²) in [5, 5.41) is 9.78. The van der Waals surface area contributed by atoms with Gasteiger partial charge in [-0.15, -0.1) is 0 Å². The summed E-state index contributed by atoms with van der Waals surface area (Å²) in [6.07, 6.45) is 6.64. The summed E-state index contributed by atoms with van der Waals surface area (Å²) in [5.41, 5.74) is 1.95. The number of aliphatic hydroxyl groups is 1. The van der Waals surface area contributed by atoms with Gasteiger partial charge in [0.25, 0.3) is 5.91 Å². The van der Waals surface area contributed by atoms with Crippen LogP contribution in [0.3, 0.4) is 0 Å². The summed E-state index contributed by atoms with van der Waals surface area (Å²) in [5.74, 6) is 0.230. The van der Waals surface area contributed by atoms with Crippen LogP contribution in [0.4, 0.5) is 0 Å². The van der Waals surface area contributed by atoms with Crippen molar-refractivity contribution in [3.63, 3.8) is 0 Å². The molecule has 4 rings (SSSR count). The predicted molar refractivity (Wildman–Crippen MR) is 119 cm³/mol. The summed E-state index contributed by atoms with van der Waals surface area (Å²) in [6, 6.07) is 5.14. The Kier molecular flexibility index (Phi) is 6.41. The molecule has 1 saturated carbocycles. The molecule has 0 radical (unpaired) electrons. The number of nitrogens with zero attached hydrogens (tertiary/aromatic N) is 4. The number of hydrogen-bond donors (Lipinski definition) is 1. The molecule has 2 aromatic rings. The van der Waals surface area contributed by atoms with Gasteiger partial charge in [0.05, 0.1) is 19.2 Å². The fourth-order valence-corrected chi connectivity index (χ4v) is 4.01. The Balaban J connectivity index is 1.69. The van der Waals surface area contributed by atoms with Crippen molar-refractivity contribution in [2.45, 2.75) is 38.8 Å². The lowest BCUT2D eigenvalue weighted by atomic mass is 9.99. The number of pyridine rings is 2. The monoisotopic (exact) mass is 438 g/mol. The summed E-state index contributed by atoms with van der Waals surface area (Å²) >= 11 is 0. The quantitative estimate of drug-likeness (QED) is 0.743. The van der Waals surface area contributed by atoms with Gasteiger partial charge in [0, 0.05) is 55.1 Å². The Bertz CT molecular complexity index is 979. The van der Waals surface area contributed by atoms with Gasteiger partial charge in [0.15, 0.2) is 0 Å². The summed E-state index contributed by atoms with van der Waals surface area (Å²) in [4.78, 5) is 38.0. The lowest BCUT2D eigenvalue weighted by Crippen LogP contribution is -2.50. The molecule has 0 aromatic carbocycles. The first-order valence-electron chi connectivity index (χ1n) is 11.1. The van der Waals surface area contributed by atoms with Crippen molar-refractivity contribution >= 4 is 11.8 Å². The van der Waals surface area contributed by atoms with Gasteiger partial charge in [-0.2, -0.15) is 0 Å². The highest BCUT2D eigenvalue weighted by Crippen LogP contribution is 2.32. The van der Waals surface area contributed by atoms with E-state index in [1.54, 1.807) is 41.5 Å². The van der Waals surface area contributed by atoms with Crippen LogP contribution in [0.1, 0.15) is 37.0 Å². The van der Waals surface area contributed by atoms with Gasteiger partial charge < -0.3 is 19.6 Å². The molecule has 1 aliphatic carbocycles. The van der Waals surface area contributed by atoms with E-state index in [1.165, 1.54) is 0 Å². The first kappa shape index (κ1) is 22.2. The third-order valence-corrected chi connectivity index (χ3v) is 6.27. The number of fused-ring (bicyclic) bond motifs is 1. The lowest BCUT2D eigenvalue weighted by molar-refractivity contribution is -0.132. The van der Waals surface area contributed by atoms with Crippen LogP contribution in [0, 0.1) is 11.8 Å². The van der Waals surface area contributed by atoms with Crippen molar-refractivity contribution in [3.05, 3.63) is 42.4 Å². The van der Waals surface area contributed by atoms with E-state index < -0.39 is 0 Å². The zero-order valence-electron chi connectivity index (χ0n) is 18.8. The van der Waals surface area contributed by atoms with Crippen molar-refractivity contribution in [3.8, 4) is 17.0 Å². The maximum Gasteiger partial charge on any atom is 0.259 e. The van der Waals surface area contributed by atoms with Crippen LogP contribution in [-0.4, -0.2) is 75.6 Å². The molecule has 0 bridgehead atoms. The summed E-state index contributed by atoms with van der Waals surface area (Å²) < 4.78 is 6.26. The first-order valence-corrected chi connectivity index (χ1v) is 11.1. The zero-order valence-corrected chi connectivity index (χ0v) is 18.8. The molecule has 0 saturated heterocycles. The molecule has 1 aliphatic heterocycles. The molecule has 1 fully saturated rings. The molecule has 8 nitrogen and oxygen atoms in total. The third kappa shape index (κ3) is 4.60. The average molecular weight is 439 g/mol. The van der Waals surface area contributed by atoms with Gasteiger partial charge >= 0.3 is 0 Å². The van der Waals surface area contributed by atoms with Gasteiger partial charge in [0.1, 0.15) is 11.7 Å². The van der Waals surface area contributed by atoms with Crippen molar-refractivity contribution in [2.75, 3.05) is 26.7 Å². The maximum absolute atomic E-state index is 13.5. The van der Waals surface area contributed by atoms with Gasteiger partial charge in [-0.25, -0.2) is 4.98 Å². The van der Waals surface area contributed by atoms with Crippen LogP contribution < -0.4 is 4.74 Å². The van der Waals surface area contributed by atoms with E-state index in [-0.39, 0.29) is 48.3 Å². The molecule has 1 N–H and O–H groups in total. The standard InChI is InChI=1S/C24H30N4O4/c1-15-12-28(16(2)14-29)24(31)20-9-19(18-5-4-8-25-10-18)11-26-22(20)32-21(15)13-27(3)23(30)17-6-7-17/h4-5,8-11,15-17,21,29H,6-7,12-14H2,1-3H3/t15-,16-,21-/m1/s1. The van der Waals surface area contributed by atoms with Gasteiger partial charge in [-0.05, 0) is 31.9 Å². The van der Waals surface area contributed by atoms with E-state index in [9.17, 15) is 14.7 Å². The lowest BCUT2D eigenvalue weighted by Gasteiger charge is -2.37. The number of amides is 2. The minimum atomic E-state index is -0.357. The maximum atomic E-state index is 13.5. The van der Waals surface area contributed by atoms with Crippen LogP contribution in [0.15, 0.2) is 36.8 Å². The van der Waals surface area contributed by atoms with E-state index in [2.05, 4.69) is 9.97 Å². The number of ether oxygens (including phenoxy) is 1. The topological polar surface area (TPSA) is 95.9 Å². The zero-order chi connectivity index (χ0) is 22.8. The van der Waals surface area contributed by atoms with Crippen LogP contribution in [-0.2, 0) is 4.79 Å². The van der Waals surface area contributed by atoms with Crippen molar-refractivity contribution in [2.24, 2.45) is 11.8 Å². The largest absolute Gasteiger partial charge is 0.472 e. The van der Waals surface area contributed by atoms with E-state index in [4.69, 9.17) is 4.74 Å². The second-order valence-corrected chi connectivity index (χ2v) is 8.93. The van der Waals surface area contributed by atoms with Crippen molar-refractivity contribution in [1.29, 1.82) is 0 Å². The summed E-state index contributed by atoms with van der Waals surface area (Å²) in [7, 11) is 1.80. The fourth-order valence-electron chi connectivity index (χ4n) is 4.01. The minimum absolute atomic E-state index is 0.0599. The van der Waals surface area contributed by atoms with E-state index >= 15 is 0 Å². The SMILES string of the molecule is C[C@@H]1CN([C@H](C)CO)C(=O)c2cc(-c3cccnc3)cnc2O[C@@H]1CN(C)C(=O)C1CC1. The predicted octanol–water partition coefficient (Wildman–Crippen LogP) is 2.23. The van der Waals surface area contributed by atoms with Crippen LogP contribution in [0.2, 0.25) is 0 Å². The highest BCUT2D eigenvalue weighted by Gasteiger charge is 2.37. The molecular formula is C24H30N4O4. The number of likely N-dealkylation sites (N-methyl/N-ethyl adjacent to an activating group) is 1. The minimum Gasteiger partial charge on any atom is -0.472 e. The Morgan fingerprint density at radius 2 is 2.12 bits per heavy atom. The highest BCUT2D eigenvalue weighted by molar-refractivity contribution is 5.98. The summed E-state index contributed by atoms with van der Waals surface area (Å²) in [6.45, 7) is 4.50. The second-order valence-electron chi connectivity index (χ2n) is 8.93. The second kappa shape index (κ2) is 9.24. The van der Waals surface area contributed by atoms with E-state index in [0.29, 0.717) is 18.7 Å². The number of rotatable bonds is 6. The molecule has 3 atom stereocenters. The first-order chi connectivity index (χ1) is 15.4. The molecule has 2 aliphatic rings. The highest BCUT2D eigenvalue weighted by atomic mass is 16.5. The van der Waals surface area contributed by atoms with Gasteiger partial charge in [0.2, 0.25) is 11.8 Å². The van der Waals surface area contributed by atoms with Gasteiger partial charge in [-0.1, -0.05) is 13.0 Å². The smallest absolute Gasteiger partial charge is 0.259 e. The third-order valence-electron chi connectivity index (χ3n) is 6.27. The Morgan fingerprint density at radius 3 is 2.78 bits per heavy atom. The normalized spacial score (nSPS) is 21.8. The molecule has 170 valence electrons. The fraction of sp³-hybridized carbons (Fsp3) is 0.500. The van der Waals surface area contributed by atoms with E-state index in [1.807, 2.05) is 26.0 Å². The Morgan fingerprint density at radius 1 is 1.34 bits per heavy atom. The number of hydrogen-bond acceptors (Lipinski definition) is 6. The molecule has 8 heteroatoms. The molecule has 2 amide bonds. The van der Waals surface area contributed by atoms with E-state index in [0.717, 1.165) is 24.0 Å². The van der Waals surface area contributed by atoms with Crippen molar-refractivity contribution < 1.29 is 19.4 Å². The van der Waals surface area contributed by atoms with Crippen LogP contribution in [0.5, 0.6) is 5.88 Å². The number of carbonyl (C=O) groups is 2.